The fraction of sp³-hybridized carbons (Fsp3) is 0.267. The maximum absolute atomic E-state index is 13.3. The van der Waals surface area contributed by atoms with Gasteiger partial charge in [0, 0.05) is 18.0 Å². The van der Waals surface area contributed by atoms with Crippen LogP contribution in [-0.4, -0.2) is 9.97 Å². The summed E-state index contributed by atoms with van der Waals surface area (Å²) < 4.78 is 27.3. The van der Waals surface area contributed by atoms with Gasteiger partial charge in [-0.3, -0.25) is 0 Å². The highest BCUT2D eigenvalue weighted by Gasteiger charge is 2.22. The molecule has 1 heterocycles. The van der Waals surface area contributed by atoms with E-state index in [2.05, 4.69) is 16.0 Å². The number of hydrogen-bond acceptors (Lipinski definition) is 1. The van der Waals surface area contributed by atoms with Crippen molar-refractivity contribution in [3.63, 3.8) is 0 Å². The third-order valence-electron chi connectivity index (χ3n) is 3.63. The average molecular weight is 292 g/mol. The summed E-state index contributed by atoms with van der Waals surface area (Å²) in [6, 6.07) is 3.69. The van der Waals surface area contributed by atoms with Crippen LogP contribution in [0.25, 0.3) is 5.57 Å². The Hall–Kier alpha value is -1.75. The van der Waals surface area contributed by atoms with Crippen LogP contribution < -0.4 is 0 Å². The minimum Gasteiger partial charge on any atom is -0.337 e. The van der Waals surface area contributed by atoms with Crippen LogP contribution >= 0.6 is 12.2 Å². The monoisotopic (exact) mass is 292 g/mol. The summed E-state index contributed by atoms with van der Waals surface area (Å²) in [5.41, 5.74) is 2.67. The average Bonchev–Trinajstić information content (AvgIpc) is 2.98. The lowest BCUT2D eigenvalue weighted by Crippen LogP contribution is -2.04. The quantitative estimate of drug-likeness (QED) is 0.808. The maximum Gasteiger partial charge on any atom is 0.174 e. The van der Waals surface area contributed by atoms with E-state index in [9.17, 15) is 8.78 Å². The Morgan fingerprint density at radius 1 is 1.20 bits per heavy atom. The van der Waals surface area contributed by atoms with Gasteiger partial charge in [-0.2, -0.15) is 0 Å². The molecule has 0 saturated carbocycles. The first-order valence-corrected chi connectivity index (χ1v) is 6.96. The van der Waals surface area contributed by atoms with Gasteiger partial charge in [0.1, 0.15) is 11.6 Å². The molecule has 5 heteroatoms. The molecule has 1 aliphatic rings. The molecule has 1 aliphatic carbocycles. The zero-order valence-electron chi connectivity index (χ0n) is 10.7. The number of aromatic nitrogens is 2. The molecule has 0 fully saturated rings. The smallest absolute Gasteiger partial charge is 0.174 e. The number of aromatic amines is 2. The fourth-order valence-corrected chi connectivity index (χ4v) is 2.98. The van der Waals surface area contributed by atoms with E-state index in [0.29, 0.717) is 10.3 Å². The van der Waals surface area contributed by atoms with E-state index in [1.54, 1.807) is 0 Å². The van der Waals surface area contributed by atoms with E-state index >= 15 is 0 Å². The van der Waals surface area contributed by atoms with Crippen molar-refractivity contribution in [2.45, 2.75) is 19.3 Å². The number of imidazole rings is 1. The Morgan fingerprint density at radius 2 is 1.95 bits per heavy atom. The molecule has 0 aliphatic heterocycles. The highest BCUT2D eigenvalue weighted by Crippen LogP contribution is 2.36. The standard InChI is InChI=1S/C15H14F2N2S/c16-11-4-10(5-12(17)7-11)14-3-1-2-9(14)6-13-8-18-15(20)19-13/h3-5,7-9H,1-2,6H2,(H2,18,19,20)/t9-/m0/s1. The van der Waals surface area contributed by atoms with Crippen LogP contribution in [0.2, 0.25) is 0 Å². The Bertz CT molecular complexity index is 694. The Morgan fingerprint density at radius 3 is 2.60 bits per heavy atom. The van der Waals surface area contributed by atoms with Crippen LogP contribution in [0.4, 0.5) is 8.78 Å². The molecule has 0 bridgehead atoms. The number of H-pyrrole nitrogens is 2. The number of allylic oxidation sites excluding steroid dienone is 2. The first kappa shape index (κ1) is 13.2. The summed E-state index contributed by atoms with van der Waals surface area (Å²) in [4.78, 5) is 6.02. The number of nitrogens with one attached hydrogen (secondary N) is 2. The van der Waals surface area contributed by atoms with Gasteiger partial charge in [-0.1, -0.05) is 6.08 Å². The molecule has 2 N–H and O–H groups in total. The minimum atomic E-state index is -0.535. The van der Waals surface area contributed by atoms with Crippen molar-refractivity contribution in [2.75, 3.05) is 0 Å². The molecule has 1 atom stereocenters. The number of hydrogen-bond donors (Lipinski definition) is 2. The van der Waals surface area contributed by atoms with Gasteiger partial charge in [0.05, 0.1) is 0 Å². The molecule has 0 unspecified atom stereocenters. The second-order valence-corrected chi connectivity index (χ2v) is 5.47. The topological polar surface area (TPSA) is 31.6 Å². The summed E-state index contributed by atoms with van der Waals surface area (Å²) in [6.07, 6.45) is 6.63. The van der Waals surface area contributed by atoms with Crippen molar-refractivity contribution >= 4 is 17.8 Å². The highest BCUT2D eigenvalue weighted by atomic mass is 32.1. The van der Waals surface area contributed by atoms with Crippen LogP contribution in [0.3, 0.4) is 0 Å². The molecule has 1 aromatic carbocycles. The molecule has 0 saturated heterocycles. The van der Waals surface area contributed by atoms with Crippen LogP contribution in [0, 0.1) is 22.3 Å². The zero-order valence-corrected chi connectivity index (χ0v) is 11.6. The van der Waals surface area contributed by atoms with Gasteiger partial charge in [0.15, 0.2) is 4.77 Å². The fourth-order valence-electron chi connectivity index (χ4n) is 2.79. The van der Waals surface area contributed by atoms with E-state index in [1.807, 2.05) is 6.20 Å². The molecule has 2 nitrogen and oxygen atoms in total. The minimum absolute atomic E-state index is 0.262. The largest absolute Gasteiger partial charge is 0.337 e. The maximum atomic E-state index is 13.3. The SMILES string of the molecule is Fc1cc(F)cc(C2=CCC[C@H]2Cc2c[nH]c(=S)[nH]2)c1. The molecular formula is C15H14F2N2S. The van der Waals surface area contributed by atoms with E-state index in [1.165, 1.54) is 12.1 Å². The lowest BCUT2D eigenvalue weighted by atomic mass is 9.91. The number of rotatable bonds is 3. The van der Waals surface area contributed by atoms with Crippen LogP contribution in [0.5, 0.6) is 0 Å². The Kier molecular flexibility index (Phi) is 3.53. The summed E-state index contributed by atoms with van der Waals surface area (Å²) >= 11 is 5.01. The van der Waals surface area contributed by atoms with E-state index in [4.69, 9.17) is 12.2 Å². The first-order chi connectivity index (χ1) is 9.61. The van der Waals surface area contributed by atoms with Crippen molar-refractivity contribution in [1.82, 2.24) is 9.97 Å². The summed E-state index contributed by atoms with van der Waals surface area (Å²) in [6.45, 7) is 0. The third kappa shape index (κ3) is 2.72. The van der Waals surface area contributed by atoms with Gasteiger partial charge in [-0.25, -0.2) is 8.78 Å². The van der Waals surface area contributed by atoms with Gasteiger partial charge >= 0.3 is 0 Å². The molecule has 0 spiro atoms. The second-order valence-electron chi connectivity index (χ2n) is 5.06. The zero-order chi connectivity index (χ0) is 14.1. The summed E-state index contributed by atoms with van der Waals surface area (Å²) in [5.74, 6) is -0.808. The van der Waals surface area contributed by atoms with E-state index < -0.39 is 11.6 Å². The van der Waals surface area contributed by atoms with E-state index in [0.717, 1.165) is 36.6 Å². The molecule has 1 aromatic heterocycles. The lowest BCUT2D eigenvalue weighted by Gasteiger charge is -2.14. The molecule has 20 heavy (non-hydrogen) atoms. The van der Waals surface area contributed by atoms with Crippen LogP contribution in [0.1, 0.15) is 24.1 Å². The third-order valence-corrected chi connectivity index (χ3v) is 3.85. The van der Waals surface area contributed by atoms with Crippen LogP contribution in [-0.2, 0) is 6.42 Å². The predicted octanol–water partition coefficient (Wildman–Crippen LogP) is 4.39. The molecular weight excluding hydrogens is 278 g/mol. The normalized spacial score (nSPS) is 18.3. The second kappa shape index (κ2) is 5.32. The Balaban J connectivity index is 1.86. The summed E-state index contributed by atoms with van der Waals surface area (Å²) in [7, 11) is 0. The first-order valence-electron chi connectivity index (χ1n) is 6.55. The van der Waals surface area contributed by atoms with Crippen molar-refractivity contribution in [3.05, 3.63) is 58.1 Å². The molecule has 0 amide bonds. The van der Waals surface area contributed by atoms with Gasteiger partial charge in [0.2, 0.25) is 0 Å². The van der Waals surface area contributed by atoms with Crippen molar-refractivity contribution in [1.29, 1.82) is 0 Å². The highest BCUT2D eigenvalue weighted by molar-refractivity contribution is 7.71. The van der Waals surface area contributed by atoms with Crippen molar-refractivity contribution in [2.24, 2.45) is 5.92 Å². The number of benzene rings is 1. The van der Waals surface area contributed by atoms with Crippen LogP contribution in [0.15, 0.2) is 30.5 Å². The molecule has 0 radical (unpaired) electrons. The van der Waals surface area contributed by atoms with Gasteiger partial charge < -0.3 is 9.97 Å². The molecule has 3 rings (SSSR count). The van der Waals surface area contributed by atoms with Gasteiger partial charge in [-0.05, 0) is 60.7 Å². The van der Waals surface area contributed by atoms with Gasteiger partial charge in [-0.15, -0.1) is 0 Å². The number of halogens is 2. The van der Waals surface area contributed by atoms with E-state index in [-0.39, 0.29) is 5.92 Å². The predicted molar refractivity (Wildman–Crippen MR) is 76.7 cm³/mol. The Labute approximate surface area is 120 Å². The van der Waals surface area contributed by atoms with Gasteiger partial charge in [0.25, 0.3) is 0 Å². The molecule has 2 aromatic rings. The lowest BCUT2D eigenvalue weighted by molar-refractivity contribution is 0.580. The summed E-state index contributed by atoms with van der Waals surface area (Å²) in [5, 5.41) is 0. The van der Waals surface area contributed by atoms with Crippen molar-refractivity contribution in [3.8, 4) is 0 Å². The van der Waals surface area contributed by atoms with Crippen molar-refractivity contribution < 1.29 is 8.78 Å². The molecule has 104 valence electrons.